The number of carbonyl (C=O) groups is 1. The predicted molar refractivity (Wildman–Crippen MR) is 92.3 cm³/mol. The van der Waals surface area contributed by atoms with Crippen LogP contribution in [0.5, 0.6) is 0 Å². The standard InChI is InChI=1S/C18H21ClFN3O/c1-13-16(18(24)22-11-5-3-2-4-6-12-22)17(19)23(21-13)15-9-7-14(20)8-10-15/h7-10H,2-6,11-12H2,1H3. The molecule has 128 valence electrons. The van der Waals surface area contributed by atoms with Gasteiger partial charge in [0.2, 0.25) is 0 Å². The molecule has 0 N–H and O–H groups in total. The van der Waals surface area contributed by atoms with Crippen LogP contribution in [0.3, 0.4) is 0 Å². The number of amides is 1. The highest BCUT2D eigenvalue weighted by atomic mass is 35.5. The summed E-state index contributed by atoms with van der Waals surface area (Å²) in [4.78, 5) is 14.8. The minimum absolute atomic E-state index is 0.0623. The third kappa shape index (κ3) is 3.46. The van der Waals surface area contributed by atoms with Gasteiger partial charge < -0.3 is 4.90 Å². The van der Waals surface area contributed by atoms with Crippen molar-refractivity contribution in [2.45, 2.75) is 39.0 Å². The van der Waals surface area contributed by atoms with E-state index in [1.165, 1.54) is 23.2 Å². The Morgan fingerprint density at radius 2 is 1.67 bits per heavy atom. The van der Waals surface area contributed by atoms with Crippen molar-refractivity contribution in [2.24, 2.45) is 0 Å². The second kappa shape index (κ2) is 7.34. The van der Waals surface area contributed by atoms with E-state index in [2.05, 4.69) is 5.10 Å². The number of nitrogens with zero attached hydrogens (tertiary/aromatic N) is 3. The van der Waals surface area contributed by atoms with Crippen LogP contribution in [-0.4, -0.2) is 33.7 Å². The van der Waals surface area contributed by atoms with E-state index in [1.54, 1.807) is 19.1 Å². The van der Waals surface area contributed by atoms with Crippen molar-refractivity contribution >= 4 is 17.5 Å². The number of likely N-dealkylation sites (tertiary alicyclic amines) is 1. The summed E-state index contributed by atoms with van der Waals surface area (Å²) in [6.45, 7) is 3.30. The molecule has 4 nitrogen and oxygen atoms in total. The van der Waals surface area contributed by atoms with E-state index in [9.17, 15) is 9.18 Å². The Bertz CT molecular complexity index is 719. The molecular weight excluding hydrogens is 329 g/mol. The van der Waals surface area contributed by atoms with Gasteiger partial charge in [-0.15, -0.1) is 0 Å². The molecule has 0 radical (unpaired) electrons. The number of aryl methyl sites for hydroxylation is 1. The highest BCUT2D eigenvalue weighted by Gasteiger charge is 2.25. The van der Waals surface area contributed by atoms with E-state index in [0.29, 0.717) is 16.9 Å². The van der Waals surface area contributed by atoms with Crippen molar-refractivity contribution in [1.82, 2.24) is 14.7 Å². The normalized spacial score (nSPS) is 15.9. The van der Waals surface area contributed by atoms with Gasteiger partial charge in [-0.2, -0.15) is 5.10 Å². The van der Waals surface area contributed by atoms with Gasteiger partial charge in [0.05, 0.1) is 16.9 Å². The molecular formula is C18H21ClFN3O. The second-order valence-electron chi connectivity index (χ2n) is 6.20. The zero-order chi connectivity index (χ0) is 17.1. The molecule has 6 heteroatoms. The lowest BCUT2D eigenvalue weighted by Crippen LogP contribution is -2.34. The van der Waals surface area contributed by atoms with Crippen LogP contribution >= 0.6 is 11.6 Å². The summed E-state index contributed by atoms with van der Waals surface area (Å²) in [5.41, 5.74) is 1.68. The van der Waals surface area contributed by atoms with Gasteiger partial charge in [-0.3, -0.25) is 4.79 Å². The van der Waals surface area contributed by atoms with Gasteiger partial charge >= 0.3 is 0 Å². The fourth-order valence-corrected chi connectivity index (χ4v) is 3.46. The molecule has 1 aromatic heterocycles. The lowest BCUT2D eigenvalue weighted by molar-refractivity contribution is 0.0742. The average Bonchev–Trinajstić information content (AvgIpc) is 2.82. The molecule has 0 atom stereocenters. The highest BCUT2D eigenvalue weighted by molar-refractivity contribution is 6.33. The maximum Gasteiger partial charge on any atom is 0.258 e. The molecule has 0 saturated carbocycles. The maximum absolute atomic E-state index is 13.1. The summed E-state index contributed by atoms with van der Waals surface area (Å²) >= 11 is 6.45. The molecule has 0 unspecified atom stereocenters. The SMILES string of the molecule is Cc1nn(-c2ccc(F)cc2)c(Cl)c1C(=O)N1CCCCCCC1. The van der Waals surface area contributed by atoms with Crippen LogP contribution in [0, 0.1) is 12.7 Å². The van der Waals surface area contributed by atoms with Crippen LogP contribution in [0.25, 0.3) is 5.69 Å². The molecule has 1 aromatic carbocycles. The van der Waals surface area contributed by atoms with E-state index in [0.717, 1.165) is 38.8 Å². The Kier molecular flexibility index (Phi) is 5.19. The topological polar surface area (TPSA) is 38.1 Å². The number of carbonyl (C=O) groups excluding carboxylic acids is 1. The lowest BCUT2D eigenvalue weighted by Gasteiger charge is -2.24. The van der Waals surface area contributed by atoms with E-state index < -0.39 is 0 Å². The van der Waals surface area contributed by atoms with Gasteiger partial charge in [-0.05, 0) is 44.0 Å². The fourth-order valence-electron chi connectivity index (χ4n) is 3.10. The van der Waals surface area contributed by atoms with Crippen LogP contribution in [0.1, 0.15) is 48.2 Å². The molecule has 1 aliphatic heterocycles. The smallest absolute Gasteiger partial charge is 0.258 e. The van der Waals surface area contributed by atoms with Crippen molar-refractivity contribution in [3.63, 3.8) is 0 Å². The summed E-state index contributed by atoms with van der Waals surface area (Å²) in [7, 11) is 0. The van der Waals surface area contributed by atoms with Crippen LogP contribution in [0.15, 0.2) is 24.3 Å². The summed E-state index contributed by atoms with van der Waals surface area (Å²) in [6.07, 6.45) is 5.60. The number of aromatic nitrogens is 2. The fraction of sp³-hybridized carbons (Fsp3) is 0.444. The van der Waals surface area contributed by atoms with Crippen LogP contribution in [-0.2, 0) is 0 Å². The van der Waals surface area contributed by atoms with Crippen molar-refractivity contribution in [3.05, 3.63) is 46.5 Å². The van der Waals surface area contributed by atoms with Gasteiger partial charge in [0.1, 0.15) is 11.0 Å². The predicted octanol–water partition coefficient (Wildman–Crippen LogP) is 4.38. The number of hydrogen-bond acceptors (Lipinski definition) is 2. The Morgan fingerprint density at radius 3 is 2.29 bits per heavy atom. The van der Waals surface area contributed by atoms with Crippen LogP contribution in [0.2, 0.25) is 5.15 Å². The Hall–Kier alpha value is -1.88. The highest BCUT2D eigenvalue weighted by Crippen LogP contribution is 2.26. The van der Waals surface area contributed by atoms with E-state index in [4.69, 9.17) is 11.6 Å². The molecule has 0 bridgehead atoms. The zero-order valence-electron chi connectivity index (χ0n) is 13.8. The van der Waals surface area contributed by atoms with Crippen molar-refractivity contribution < 1.29 is 9.18 Å². The second-order valence-corrected chi connectivity index (χ2v) is 6.56. The van der Waals surface area contributed by atoms with Gasteiger partial charge in [-0.1, -0.05) is 30.9 Å². The molecule has 2 aromatic rings. The first-order valence-electron chi connectivity index (χ1n) is 8.38. The van der Waals surface area contributed by atoms with Gasteiger partial charge in [0.15, 0.2) is 0 Å². The third-order valence-electron chi connectivity index (χ3n) is 4.43. The minimum Gasteiger partial charge on any atom is -0.338 e. The van der Waals surface area contributed by atoms with Gasteiger partial charge in [0, 0.05) is 13.1 Å². The Labute approximate surface area is 146 Å². The third-order valence-corrected chi connectivity index (χ3v) is 4.78. The largest absolute Gasteiger partial charge is 0.338 e. The van der Waals surface area contributed by atoms with E-state index in [-0.39, 0.29) is 16.9 Å². The molecule has 0 spiro atoms. The average molecular weight is 350 g/mol. The molecule has 1 fully saturated rings. The van der Waals surface area contributed by atoms with Crippen molar-refractivity contribution in [3.8, 4) is 5.69 Å². The Balaban J connectivity index is 1.90. The monoisotopic (exact) mass is 349 g/mol. The summed E-state index contributed by atoms with van der Waals surface area (Å²) < 4.78 is 14.6. The number of rotatable bonds is 2. The molecule has 1 aliphatic rings. The van der Waals surface area contributed by atoms with E-state index >= 15 is 0 Å². The zero-order valence-corrected chi connectivity index (χ0v) is 14.5. The van der Waals surface area contributed by atoms with Gasteiger partial charge in [-0.25, -0.2) is 9.07 Å². The molecule has 24 heavy (non-hydrogen) atoms. The first-order chi connectivity index (χ1) is 11.6. The van der Waals surface area contributed by atoms with Crippen LogP contribution < -0.4 is 0 Å². The summed E-state index contributed by atoms with van der Waals surface area (Å²) in [5, 5.41) is 4.67. The summed E-state index contributed by atoms with van der Waals surface area (Å²) in [5.74, 6) is -0.386. The Morgan fingerprint density at radius 1 is 1.08 bits per heavy atom. The molecule has 3 rings (SSSR count). The number of benzene rings is 1. The van der Waals surface area contributed by atoms with Crippen LogP contribution in [0.4, 0.5) is 4.39 Å². The van der Waals surface area contributed by atoms with E-state index in [1.807, 2.05) is 4.90 Å². The lowest BCUT2D eigenvalue weighted by atomic mass is 10.1. The number of hydrogen-bond donors (Lipinski definition) is 0. The van der Waals surface area contributed by atoms with Gasteiger partial charge in [0.25, 0.3) is 5.91 Å². The quantitative estimate of drug-likeness (QED) is 0.807. The molecule has 1 amide bonds. The molecule has 2 heterocycles. The minimum atomic E-state index is -0.323. The van der Waals surface area contributed by atoms with Crippen molar-refractivity contribution in [2.75, 3.05) is 13.1 Å². The maximum atomic E-state index is 13.1. The molecule has 0 aliphatic carbocycles. The summed E-state index contributed by atoms with van der Waals surface area (Å²) in [6, 6.07) is 5.89. The molecule has 1 saturated heterocycles. The van der Waals surface area contributed by atoms with Crippen molar-refractivity contribution in [1.29, 1.82) is 0 Å². The number of halogens is 2. The first kappa shape index (κ1) is 17.0. The first-order valence-corrected chi connectivity index (χ1v) is 8.76.